The predicted molar refractivity (Wildman–Crippen MR) is 151 cm³/mol. The van der Waals surface area contributed by atoms with Crippen LogP contribution in [0.25, 0.3) is 11.3 Å². The van der Waals surface area contributed by atoms with E-state index < -0.39 is 0 Å². The highest BCUT2D eigenvalue weighted by atomic mass is 35.5. The highest BCUT2D eigenvalue weighted by Gasteiger charge is 2.16. The van der Waals surface area contributed by atoms with Crippen molar-refractivity contribution in [2.45, 2.75) is 32.2 Å². The standard InChI is InChI=1S/C28H28ClN5O2S/c29-21-12-10-20(11-13-21)24-15-14-23(35-24)19-30-28(37)33-27-31-25(34-16-6-1-2-7-17-34)18-26(32-27)36-22-8-4-3-5-9-22/h3-5,8-15,18H,1-2,6-7,16-17,19H2,(H2,30,31,32,33,37). The van der Waals surface area contributed by atoms with Crippen LogP contribution in [-0.2, 0) is 6.54 Å². The lowest BCUT2D eigenvalue weighted by Gasteiger charge is -2.22. The number of furan rings is 1. The summed E-state index contributed by atoms with van der Waals surface area (Å²) in [5, 5.41) is 7.36. The molecule has 0 radical (unpaired) electrons. The second kappa shape index (κ2) is 12.1. The zero-order chi connectivity index (χ0) is 25.5. The predicted octanol–water partition coefficient (Wildman–Crippen LogP) is 7.05. The number of para-hydroxylation sites is 1. The van der Waals surface area contributed by atoms with Gasteiger partial charge in [-0.05, 0) is 73.6 Å². The Bertz CT molecular complexity index is 1320. The fourth-order valence-corrected chi connectivity index (χ4v) is 4.44. The van der Waals surface area contributed by atoms with E-state index in [0.717, 1.165) is 48.8 Å². The molecule has 1 aliphatic heterocycles. The van der Waals surface area contributed by atoms with Crippen molar-refractivity contribution in [1.29, 1.82) is 0 Å². The Labute approximate surface area is 226 Å². The first-order valence-corrected chi connectivity index (χ1v) is 13.2. The van der Waals surface area contributed by atoms with Crippen molar-refractivity contribution in [3.05, 3.63) is 83.6 Å². The zero-order valence-electron chi connectivity index (χ0n) is 20.3. The van der Waals surface area contributed by atoms with E-state index in [-0.39, 0.29) is 0 Å². The van der Waals surface area contributed by atoms with Crippen molar-refractivity contribution < 1.29 is 9.15 Å². The molecule has 1 fully saturated rings. The van der Waals surface area contributed by atoms with E-state index in [0.29, 0.717) is 34.3 Å². The molecule has 5 rings (SSSR count). The third kappa shape index (κ3) is 6.99. The van der Waals surface area contributed by atoms with E-state index in [2.05, 4.69) is 20.5 Å². The van der Waals surface area contributed by atoms with Gasteiger partial charge < -0.3 is 24.7 Å². The lowest BCUT2D eigenvalue weighted by Crippen LogP contribution is -2.29. The van der Waals surface area contributed by atoms with Crippen LogP contribution in [0.15, 0.2) is 77.2 Å². The number of halogens is 1. The van der Waals surface area contributed by atoms with Crippen LogP contribution in [0.4, 0.5) is 11.8 Å². The maximum absolute atomic E-state index is 6.04. The van der Waals surface area contributed by atoms with Gasteiger partial charge in [-0.3, -0.25) is 0 Å². The van der Waals surface area contributed by atoms with Gasteiger partial charge in [-0.15, -0.1) is 0 Å². The molecule has 1 saturated heterocycles. The van der Waals surface area contributed by atoms with Gasteiger partial charge in [0, 0.05) is 29.7 Å². The summed E-state index contributed by atoms with van der Waals surface area (Å²) in [5.74, 6) is 3.90. The van der Waals surface area contributed by atoms with Crippen LogP contribution in [0.3, 0.4) is 0 Å². The van der Waals surface area contributed by atoms with Crippen LogP contribution in [-0.4, -0.2) is 28.2 Å². The van der Waals surface area contributed by atoms with Gasteiger partial charge in [0.2, 0.25) is 11.8 Å². The molecule has 2 aromatic heterocycles. The summed E-state index contributed by atoms with van der Waals surface area (Å²) in [7, 11) is 0. The van der Waals surface area contributed by atoms with Crippen LogP contribution in [0.2, 0.25) is 5.02 Å². The van der Waals surface area contributed by atoms with Crippen molar-refractivity contribution in [3.8, 4) is 23.0 Å². The van der Waals surface area contributed by atoms with Crippen molar-refractivity contribution >= 4 is 40.7 Å². The first kappa shape index (κ1) is 25.0. The Morgan fingerprint density at radius 1 is 0.946 bits per heavy atom. The molecule has 7 nitrogen and oxygen atoms in total. The van der Waals surface area contributed by atoms with E-state index in [1.807, 2.05) is 72.8 Å². The van der Waals surface area contributed by atoms with E-state index in [1.165, 1.54) is 12.8 Å². The van der Waals surface area contributed by atoms with Crippen molar-refractivity contribution in [3.63, 3.8) is 0 Å². The summed E-state index contributed by atoms with van der Waals surface area (Å²) in [6, 6.07) is 22.9. The fourth-order valence-electron chi connectivity index (χ4n) is 4.15. The minimum atomic E-state index is 0.381. The van der Waals surface area contributed by atoms with Gasteiger partial charge in [-0.2, -0.15) is 9.97 Å². The number of rotatable bonds is 7. The Balaban J connectivity index is 1.27. The number of hydrogen-bond acceptors (Lipinski definition) is 6. The molecular weight excluding hydrogens is 506 g/mol. The van der Waals surface area contributed by atoms with E-state index in [9.17, 15) is 0 Å². The number of benzene rings is 2. The van der Waals surface area contributed by atoms with E-state index in [4.69, 9.17) is 38.0 Å². The number of anilines is 2. The van der Waals surface area contributed by atoms with Gasteiger partial charge >= 0.3 is 0 Å². The second-order valence-electron chi connectivity index (χ2n) is 8.78. The molecule has 0 atom stereocenters. The molecule has 3 heterocycles. The molecule has 9 heteroatoms. The van der Waals surface area contributed by atoms with Gasteiger partial charge in [-0.25, -0.2) is 0 Å². The van der Waals surface area contributed by atoms with Crippen LogP contribution < -0.4 is 20.3 Å². The van der Waals surface area contributed by atoms with Gasteiger partial charge in [0.25, 0.3) is 0 Å². The summed E-state index contributed by atoms with van der Waals surface area (Å²) in [6.07, 6.45) is 4.76. The monoisotopic (exact) mass is 533 g/mol. The Hall–Kier alpha value is -3.62. The van der Waals surface area contributed by atoms with Crippen LogP contribution in [0.5, 0.6) is 11.6 Å². The molecule has 190 valence electrons. The maximum atomic E-state index is 6.04. The van der Waals surface area contributed by atoms with Crippen molar-refractivity contribution in [2.75, 3.05) is 23.3 Å². The molecule has 0 amide bonds. The largest absolute Gasteiger partial charge is 0.459 e. The third-order valence-corrected chi connectivity index (χ3v) is 6.52. The summed E-state index contributed by atoms with van der Waals surface area (Å²) in [4.78, 5) is 11.6. The number of hydrogen-bond donors (Lipinski definition) is 2. The summed E-state index contributed by atoms with van der Waals surface area (Å²) in [5.41, 5.74) is 0.959. The zero-order valence-corrected chi connectivity index (χ0v) is 21.9. The molecular formula is C28H28ClN5O2S. The summed E-state index contributed by atoms with van der Waals surface area (Å²) >= 11 is 11.5. The SMILES string of the molecule is S=C(NCc1ccc(-c2ccc(Cl)cc2)o1)Nc1nc(Oc2ccccc2)cc(N2CCCCCC2)n1. The van der Waals surface area contributed by atoms with Crippen LogP contribution >= 0.6 is 23.8 Å². The van der Waals surface area contributed by atoms with Crippen LogP contribution in [0, 0.1) is 0 Å². The van der Waals surface area contributed by atoms with Gasteiger partial charge in [0.1, 0.15) is 23.1 Å². The van der Waals surface area contributed by atoms with Crippen molar-refractivity contribution in [2.24, 2.45) is 0 Å². The minimum absolute atomic E-state index is 0.381. The fraction of sp³-hybridized carbons (Fsp3) is 0.250. The smallest absolute Gasteiger partial charge is 0.234 e. The third-order valence-electron chi connectivity index (χ3n) is 6.02. The highest BCUT2D eigenvalue weighted by molar-refractivity contribution is 7.80. The number of nitrogens with one attached hydrogen (secondary N) is 2. The number of thiocarbonyl (C=S) groups is 1. The lowest BCUT2D eigenvalue weighted by molar-refractivity contribution is 0.462. The molecule has 0 unspecified atom stereocenters. The molecule has 37 heavy (non-hydrogen) atoms. The summed E-state index contributed by atoms with van der Waals surface area (Å²) < 4.78 is 12.0. The molecule has 1 aliphatic rings. The molecule has 0 saturated carbocycles. The second-order valence-corrected chi connectivity index (χ2v) is 9.63. The Morgan fingerprint density at radius 2 is 1.70 bits per heavy atom. The summed E-state index contributed by atoms with van der Waals surface area (Å²) in [6.45, 7) is 2.33. The van der Waals surface area contributed by atoms with E-state index >= 15 is 0 Å². The molecule has 2 aromatic carbocycles. The average molecular weight is 534 g/mol. The van der Waals surface area contributed by atoms with E-state index in [1.54, 1.807) is 0 Å². The molecule has 0 aliphatic carbocycles. The first-order valence-electron chi connectivity index (χ1n) is 12.4. The normalized spacial score (nSPS) is 13.6. The number of nitrogens with zero attached hydrogens (tertiary/aromatic N) is 3. The number of ether oxygens (including phenoxy) is 1. The molecule has 4 aromatic rings. The van der Waals surface area contributed by atoms with Gasteiger partial charge in [0.05, 0.1) is 6.54 Å². The minimum Gasteiger partial charge on any atom is -0.459 e. The topological polar surface area (TPSA) is 75.5 Å². The quantitative estimate of drug-likeness (QED) is 0.245. The Kier molecular flexibility index (Phi) is 8.18. The molecule has 2 N–H and O–H groups in total. The van der Waals surface area contributed by atoms with Crippen molar-refractivity contribution in [1.82, 2.24) is 15.3 Å². The van der Waals surface area contributed by atoms with Gasteiger partial charge in [0.15, 0.2) is 5.11 Å². The highest BCUT2D eigenvalue weighted by Crippen LogP contribution is 2.27. The molecule has 0 bridgehead atoms. The maximum Gasteiger partial charge on any atom is 0.234 e. The number of aromatic nitrogens is 2. The lowest BCUT2D eigenvalue weighted by atomic mass is 10.2. The van der Waals surface area contributed by atoms with Gasteiger partial charge in [-0.1, -0.05) is 42.6 Å². The molecule has 0 spiro atoms. The Morgan fingerprint density at radius 3 is 2.46 bits per heavy atom. The van der Waals surface area contributed by atoms with Crippen LogP contribution in [0.1, 0.15) is 31.4 Å². The average Bonchev–Trinajstić information content (AvgIpc) is 3.21. The first-order chi connectivity index (χ1) is 18.1.